The zero-order valence-corrected chi connectivity index (χ0v) is 8.07. The molecule has 0 N–H and O–H groups in total. The minimum atomic E-state index is -6.94. The first-order chi connectivity index (χ1) is 7.46. The average Bonchev–Trinajstić information content (AvgIpc) is 1.95. The molecule has 18 heavy (non-hydrogen) atoms. The van der Waals surface area contributed by atoms with Crippen molar-refractivity contribution in [2.24, 2.45) is 0 Å². The molecule has 0 bridgehead atoms. The quantitative estimate of drug-likeness (QED) is 0.699. The minimum absolute atomic E-state index is 0.821. The Morgan fingerprint density at radius 2 is 0.833 bits per heavy atom. The van der Waals surface area contributed by atoms with Crippen LogP contribution in [0.4, 0.5) is 48.3 Å². The summed E-state index contributed by atoms with van der Waals surface area (Å²) < 4.78 is 133. The summed E-state index contributed by atoms with van der Waals surface area (Å²) in [7, 11) is 0. The predicted molar refractivity (Wildman–Crippen MR) is 32.6 cm³/mol. The highest BCUT2D eigenvalue weighted by Crippen LogP contribution is 2.51. The lowest BCUT2D eigenvalue weighted by atomic mass is 10.2. The van der Waals surface area contributed by atoms with Gasteiger partial charge in [-0.25, -0.2) is 4.39 Å². The van der Waals surface area contributed by atoms with Crippen molar-refractivity contribution in [3.8, 4) is 0 Å². The maximum atomic E-state index is 12.6. The molecule has 1 atom stereocenters. The highest BCUT2D eigenvalue weighted by molar-refractivity contribution is 4.89. The molecule has 0 heterocycles. The summed E-state index contributed by atoms with van der Waals surface area (Å²) in [5.74, 6) is -12.3. The van der Waals surface area contributed by atoms with E-state index in [-0.39, 0.29) is 0 Å². The van der Waals surface area contributed by atoms with E-state index in [1.54, 1.807) is 0 Å². The summed E-state index contributed by atoms with van der Waals surface area (Å²) >= 11 is 0. The van der Waals surface area contributed by atoms with Crippen LogP contribution in [0.5, 0.6) is 0 Å². The van der Waals surface area contributed by atoms with Crippen LogP contribution in [-0.4, -0.2) is 30.2 Å². The first-order valence-corrected chi connectivity index (χ1v) is 3.74. The Hall–Kier alpha value is -0.810. The van der Waals surface area contributed by atoms with Gasteiger partial charge in [0.05, 0.1) is 0 Å². The molecule has 0 radical (unpaired) electrons. The third-order valence-electron chi connectivity index (χ3n) is 1.57. The molecular weight excluding hydrogens is 297 g/mol. The van der Waals surface area contributed by atoms with Gasteiger partial charge >= 0.3 is 30.2 Å². The van der Waals surface area contributed by atoms with Crippen LogP contribution in [0.3, 0.4) is 0 Å². The number of alkyl halides is 11. The molecule has 0 unspecified atom stereocenters. The first-order valence-electron chi connectivity index (χ1n) is 3.74. The Bertz CT molecular complexity index is 280. The van der Waals surface area contributed by atoms with Crippen LogP contribution in [0.15, 0.2) is 0 Å². The Labute approximate surface area is 91.5 Å². The maximum absolute atomic E-state index is 12.6. The maximum Gasteiger partial charge on any atom is 0.458 e. The van der Waals surface area contributed by atoms with Crippen LogP contribution in [0, 0.1) is 0 Å². The Kier molecular flexibility index (Phi) is 3.91. The summed E-state index contributed by atoms with van der Waals surface area (Å²) in [5.41, 5.74) is 0. The number of ether oxygens (including phenoxy) is 1. The number of rotatable bonds is 2. The SMILES string of the molecule is C[C@](F)(OC(F)(C(F)(F)F)C(F)(F)F)C(F)(F)F. The fourth-order valence-electron chi connectivity index (χ4n) is 0.598. The number of hydrogen-bond donors (Lipinski definition) is 0. The Morgan fingerprint density at radius 3 is 1.00 bits per heavy atom. The monoisotopic (exact) mass is 300 g/mol. The zero-order valence-electron chi connectivity index (χ0n) is 8.07. The summed E-state index contributed by atoms with van der Waals surface area (Å²) in [4.78, 5) is 0. The van der Waals surface area contributed by atoms with Gasteiger partial charge in [0.25, 0.3) is 0 Å². The molecule has 0 saturated heterocycles. The highest BCUT2D eigenvalue weighted by atomic mass is 19.4. The minimum Gasteiger partial charge on any atom is -0.287 e. The van der Waals surface area contributed by atoms with E-state index in [2.05, 4.69) is 0 Å². The lowest BCUT2D eigenvalue weighted by Gasteiger charge is -2.35. The lowest BCUT2D eigenvalue weighted by Crippen LogP contribution is -2.60. The lowest BCUT2D eigenvalue weighted by molar-refractivity contribution is -0.486. The van der Waals surface area contributed by atoms with Crippen LogP contribution < -0.4 is 0 Å². The molecule has 0 amide bonds. The van der Waals surface area contributed by atoms with Crippen molar-refractivity contribution >= 4 is 0 Å². The average molecular weight is 300 g/mol. The van der Waals surface area contributed by atoms with E-state index < -0.39 is 37.2 Å². The van der Waals surface area contributed by atoms with Crippen molar-refractivity contribution in [1.82, 2.24) is 0 Å². The normalized spacial score (nSPS) is 18.7. The van der Waals surface area contributed by atoms with Gasteiger partial charge in [-0.05, 0) is 0 Å². The highest BCUT2D eigenvalue weighted by Gasteiger charge is 2.78. The van der Waals surface area contributed by atoms with Gasteiger partial charge in [-0.1, -0.05) is 0 Å². The van der Waals surface area contributed by atoms with Gasteiger partial charge in [0, 0.05) is 6.92 Å². The molecule has 0 aliphatic heterocycles. The van der Waals surface area contributed by atoms with E-state index in [1.165, 1.54) is 0 Å². The second-order valence-electron chi connectivity index (χ2n) is 3.11. The fourth-order valence-corrected chi connectivity index (χ4v) is 0.598. The van der Waals surface area contributed by atoms with Crippen molar-refractivity contribution in [2.75, 3.05) is 0 Å². The van der Waals surface area contributed by atoms with E-state index in [0.29, 0.717) is 0 Å². The predicted octanol–water partition coefficient (Wildman–Crippen LogP) is 4.04. The zero-order chi connectivity index (χ0) is 15.2. The summed E-state index contributed by atoms with van der Waals surface area (Å²) in [6, 6.07) is 0. The molecule has 110 valence electrons. The van der Waals surface area contributed by atoms with Crippen LogP contribution in [-0.2, 0) is 4.74 Å². The fraction of sp³-hybridized carbons (Fsp3) is 1.00. The molecule has 0 aromatic rings. The summed E-state index contributed by atoms with van der Waals surface area (Å²) in [5, 5.41) is 0. The van der Waals surface area contributed by atoms with Crippen LogP contribution in [0.2, 0.25) is 0 Å². The second-order valence-corrected chi connectivity index (χ2v) is 3.11. The molecule has 12 heteroatoms. The molecular formula is C6H3F11O. The third-order valence-corrected chi connectivity index (χ3v) is 1.57. The molecule has 0 aromatic heterocycles. The van der Waals surface area contributed by atoms with Crippen LogP contribution >= 0.6 is 0 Å². The molecule has 0 aliphatic rings. The van der Waals surface area contributed by atoms with E-state index in [0.717, 1.165) is 0 Å². The second kappa shape index (κ2) is 4.10. The smallest absolute Gasteiger partial charge is 0.287 e. The van der Waals surface area contributed by atoms with E-state index in [1.807, 2.05) is 4.74 Å². The molecule has 0 rings (SSSR count). The number of hydrogen-bond acceptors (Lipinski definition) is 1. The topological polar surface area (TPSA) is 9.23 Å². The van der Waals surface area contributed by atoms with Gasteiger partial charge < -0.3 is 0 Å². The summed E-state index contributed by atoms with van der Waals surface area (Å²) in [6.45, 7) is -0.821. The Balaban J connectivity index is 5.58. The Morgan fingerprint density at radius 1 is 0.556 bits per heavy atom. The van der Waals surface area contributed by atoms with E-state index in [4.69, 9.17) is 0 Å². The molecule has 1 nitrogen and oxygen atoms in total. The van der Waals surface area contributed by atoms with Crippen LogP contribution in [0.1, 0.15) is 6.92 Å². The van der Waals surface area contributed by atoms with Crippen molar-refractivity contribution in [2.45, 2.75) is 37.2 Å². The largest absolute Gasteiger partial charge is 0.458 e. The van der Waals surface area contributed by atoms with Crippen molar-refractivity contribution in [3.63, 3.8) is 0 Å². The molecule has 0 fully saturated rings. The van der Waals surface area contributed by atoms with Gasteiger partial charge in [-0.15, -0.1) is 0 Å². The molecule has 0 spiro atoms. The van der Waals surface area contributed by atoms with Crippen molar-refractivity contribution in [1.29, 1.82) is 0 Å². The van der Waals surface area contributed by atoms with E-state index >= 15 is 0 Å². The van der Waals surface area contributed by atoms with Gasteiger partial charge in [-0.3, -0.25) is 4.74 Å². The van der Waals surface area contributed by atoms with Crippen molar-refractivity contribution < 1.29 is 53.0 Å². The number of halogens is 11. The molecule has 0 aliphatic carbocycles. The third kappa shape index (κ3) is 2.95. The van der Waals surface area contributed by atoms with E-state index in [9.17, 15) is 48.3 Å². The standard InChI is InChI=1S/C6H3F11O/c1-2(7,4(9,10)11)18-3(8,5(12,13)14)6(15,16)17/h1H3/t2-/m0/s1. The van der Waals surface area contributed by atoms with Crippen LogP contribution in [0.25, 0.3) is 0 Å². The van der Waals surface area contributed by atoms with Gasteiger partial charge in [0.1, 0.15) is 0 Å². The van der Waals surface area contributed by atoms with Gasteiger partial charge in [0.2, 0.25) is 0 Å². The molecule has 0 saturated carbocycles. The van der Waals surface area contributed by atoms with Gasteiger partial charge in [-0.2, -0.15) is 43.9 Å². The van der Waals surface area contributed by atoms with Crippen molar-refractivity contribution in [3.05, 3.63) is 0 Å². The van der Waals surface area contributed by atoms with Gasteiger partial charge in [0.15, 0.2) is 0 Å². The first kappa shape index (κ1) is 17.2. The molecule has 0 aromatic carbocycles. The summed E-state index contributed by atoms with van der Waals surface area (Å²) in [6.07, 6.45) is -20.2.